The molecule has 1 saturated carbocycles. The van der Waals surface area contributed by atoms with Crippen molar-refractivity contribution in [2.24, 2.45) is 4.99 Å². The van der Waals surface area contributed by atoms with E-state index in [2.05, 4.69) is 30.4 Å². The zero-order valence-electron chi connectivity index (χ0n) is 15.4. The number of H-pyrrole nitrogens is 2. The van der Waals surface area contributed by atoms with E-state index in [1.165, 1.54) is 28.9 Å². The number of benzene rings is 1. The molecule has 152 valence electrons. The number of aromatic hydroxyl groups is 1. The van der Waals surface area contributed by atoms with E-state index in [4.69, 9.17) is 0 Å². The molecule has 5 rings (SSSR count). The lowest BCUT2D eigenvalue weighted by molar-refractivity contribution is 0.454. The van der Waals surface area contributed by atoms with E-state index in [-0.39, 0.29) is 29.1 Å². The van der Waals surface area contributed by atoms with Crippen LogP contribution in [0.4, 0.5) is 20.3 Å². The summed E-state index contributed by atoms with van der Waals surface area (Å²) in [6, 6.07) is 5.59. The maximum absolute atomic E-state index is 14.1. The predicted octanol–water partition coefficient (Wildman–Crippen LogP) is 1.08. The molecule has 1 fully saturated rings. The van der Waals surface area contributed by atoms with Gasteiger partial charge in [0, 0.05) is 11.3 Å². The molecule has 9 nitrogen and oxygen atoms in total. The van der Waals surface area contributed by atoms with Gasteiger partial charge in [-0.15, -0.1) is 0 Å². The largest absolute Gasteiger partial charge is 0.493 e. The number of fused-ring (bicyclic) bond motifs is 1. The molecule has 1 aliphatic rings. The minimum absolute atomic E-state index is 0.0677. The van der Waals surface area contributed by atoms with Gasteiger partial charge < -0.3 is 15.4 Å². The van der Waals surface area contributed by atoms with Crippen LogP contribution in [0.2, 0.25) is 0 Å². The summed E-state index contributed by atoms with van der Waals surface area (Å²) >= 11 is 0. The van der Waals surface area contributed by atoms with Crippen LogP contribution in [0.5, 0.6) is 5.88 Å². The van der Waals surface area contributed by atoms with Crippen LogP contribution in [0.15, 0.2) is 40.2 Å². The highest BCUT2D eigenvalue weighted by atomic mass is 19.2. The van der Waals surface area contributed by atoms with Crippen molar-refractivity contribution >= 4 is 23.2 Å². The minimum atomic E-state index is -1.02. The van der Waals surface area contributed by atoms with Crippen LogP contribution in [0.1, 0.15) is 18.5 Å². The highest BCUT2D eigenvalue weighted by Crippen LogP contribution is 2.23. The number of nitrogens with one attached hydrogen (secondary N) is 3. The van der Waals surface area contributed by atoms with Crippen LogP contribution >= 0.6 is 0 Å². The van der Waals surface area contributed by atoms with Gasteiger partial charge in [-0.1, -0.05) is 6.07 Å². The highest BCUT2D eigenvalue weighted by molar-refractivity contribution is 5.61. The van der Waals surface area contributed by atoms with E-state index in [0.717, 1.165) is 18.9 Å². The molecular weight excluding hydrogens is 396 g/mol. The van der Waals surface area contributed by atoms with E-state index in [1.54, 1.807) is 6.07 Å². The van der Waals surface area contributed by atoms with Gasteiger partial charge >= 0.3 is 5.69 Å². The standard InChI is InChI=1S/C19H15F2N7O2/c20-11-2-1-3-12(16(11)21)24-14-7-15(23-10-4-5-10)28-17(26-14)9(8-22-28)6-13-18(29)27-19(30)25-13/h1-3,6-8,10,24,29H,4-5H2,(H2,25,27,30)/b9-6+,23-15?. The van der Waals surface area contributed by atoms with Crippen LogP contribution < -0.4 is 21.7 Å². The molecule has 30 heavy (non-hydrogen) atoms. The van der Waals surface area contributed by atoms with E-state index in [0.29, 0.717) is 16.4 Å². The lowest BCUT2D eigenvalue weighted by atomic mass is 10.3. The van der Waals surface area contributed by atoms with Crippen molar-refractivity contribution in [1.29, 1.82) is 0 Å². The average molecular weight is 411 g/mol. The second-order valence-electron chi connectivity index (χ2n) is 6.91. The monoisotopic (exact) mass is 411 g/mol. The number of hydrogen-bond acceptors (Lipinski definition) is 6. The van der Waals surface area contributed by atoms with Crippen LogP contribution in [0, 0.1) is 11.6 Å². The summed E-state index contributed by atoms with van der Waals surface area (Å²) in [5.74, 6) is -2.07. The summed E-state index contributed by atoms with van der Waals surface area (Å²) in [4.78, 5) is 25.1. The van der Waals surface area contributed by atoms with Crippen LogP contribution in [-0.4, -0.2) is 35.7 Å². The van der Waals surface area contributed by atoms with E-state index < -0.39 is 17.3 Å². The molecule has 4 aromatic rings. The number of rotatable bonds is 4. The van der Waals surface area contributed by atoms with Crippen LogP contribution in [0.3, 0.4) is 0 Å². The Morgan fingerprint density at radius 1 is 1.30 bits per heavy atom. The molecular formula is C19H15F2N7O2. The highest BCUT2D eigenvalue weighted by Gasteiger charge is 2.20. The molecule has 0 bridgehead atoms. The maximum atomic E-state index is 14.1. The van der Waals surface area contributed by atoms with Gasteiger partial charge in [0.25, 0.3) is 0 Å². The van der Waals surface area contributed by atoms with Gasteiger partial charge in [-0.3, -0.25) is 9.98 Å². The van der Waals surface area contributed by atoms with Gasteiger partial charge in [0.05, 0.1) is 17.9 Å². The lowest BCUT2D eigenvalue weighted by Gasteiger charge is -2.08. The maximum Gasteiger partial charge on any atom is 0.326 e. The Morgan fingerprint density at radius 2 is 2.13 bits per heavy atom. The van der Waals surface area contributed by atoms with Crippen molar-refractivity contribution in [3.63, 3.8) is 0 Å². The summed E-state index contributed by atoms with van der Waals surface area (Å²) in [6.45, 7) is 0. The topological polar surface area (TPSA) is 123 Å². The van der Waals surface area contributed by atoms with Crippen molar-refractivity contribution in [1.82, 2.24) is 24.6 Å². The Labute approximate surface area is 166 Å². The molecule has 1 aliphatic carbocycles. The Kier molecular flexibility index (Phi) is 4.09. The SMILES string of the molecule is O=c1[nH]c(O)c(/C=c2\cnn3c(=NC4CC4)cc(Nc4cccc(F)c4F)nc23)[nH]1. The third kappa shape index (κ3) is 3.30. The Hall–Kier alpha value is -4.02. The van der Waals surface area contributed by atoms with Gasteiger partial charge in [0.1, 0.15) is 11.5 Å². The van der Waals surface area contributed by atoms with Crippen molar-refractivity contribution in [3.8, 4) is 5.88 Å². The minimum Gasteiger partial charge on any atom is -0.493 e. The van der Waals surface area contributed by atoms with Gasteiger partial charge in [0.2, 0.25) is 5.88 Å². The second kappa shape index (κ2) is 6.79. The molecule has 0 saturated heterocycles. The molecule has 3 heterocycles. The predicted molar refractivity (Wildman–Crippen MR) is 103 cm³/mol. The first-order valence-electron chi connectivity index (χ1n) is 9.14. The quantitative estimate of drug-likeness (QED) is 0.400. The first-order chi connectivity index (χ1) is 14.5. The van der Waals surface area contributed by atoms with Gasteiger partial charge in [-0.05, 0) is 31.1 Å². The molecule has 1 aromatic carbocycles. The Bertz CT molecular complexity index is 1450. The summed E-state index contributed by atoms with van der Waals surface area (Å²) in [6.07, 6.45) is 4.93. The zero-order valence-corrected chi connectivity index (χ0v) is 15.4. The zero-order chi connectivity index (χ0) is 20.8. The molecule has 11 heteroatoms. The van der Waals surface area contributed by atoms with Crippen molar-refractivity contribution in [2.75, 3.05) is 5.32 Å². The number of imidazole rings is 1. The normalized spacial score (nSPS) is 15.3. The smallest absolute Gasteiger partial charge is 0.326 e. The Balaban J connectivity index is 1.69. The summed E-state index contributed by atoms with van der Waals surface area (Å²) in [7, 11) is 0. The van der Waals surface area contributed by atoms with Gasteiger partial charge in [-0.25, -0.2) is 18.6 Å². The molecule has 0 amide bonds. The molecule has 0 unspecified atom stereocenters. The first kappa shape index (κ1) is 18.0. The summed E-state index contributed by atoms with van der Waals surface area (Å²) in [5, 5.41) is 17.4. The number of halogens is 2. The van der Waals surface area contributed by atoms with Crippen molar-refractivity contribution in [3.05, 3.63) is 69.0 Å². The molecule has 3 aromatic heterocycles. The molecule has 0 spiro atoms. The van der Waals surface area contributed by atoms with Crippen LogP contribution in [0.25, 0.3) is 11.7 Å². The molecule has 4 N–H and O–H groups in total. The first-order valence-corrected chi connectivity index (χ1v) is 9.14. The fourth-order valence-corrected chi connectivity index (χ4v) is 3.00. The third-order valence-corrected chi connectivity index (χ3v) is 4.59. The number of aromatic amines is 2. The summed E-state index contributed by atoms with van der Waals surface area (Å²) in [5.41, 5.74) is 0.385. The fourth-order valence-electron chi connectivity index (χ4n) is 3.00. The lowest BCUT2D eigenvalue weighted by Crippen LogP contribution is -2.20. The van der Waals surface area contributed by atoms with Gasteiger partial charge in [0.15, 0.2) is 22.8 Å². The van der Waals surface area contributed by atoms with E-state index in [9.17, 15) is 18.7 Å². The summed E-state index contributed by atoms with van der Waals surface area (Å²) < 4.78 is 29.2. The fraction of sp³-hybridized carbons (Fsp3) is 0.158. The van der Waals surface area contributed by atoms with E-state index in [1.807, 2.05) is 0 Å². The third-order valence-electron chi connectivity index (χ3n) is 4.59. The van der Waals surface area contributed by atoms with Crippen molar-refractivity contribution < 1.29 is 13.9 Å². The molecule has 0 radical (unpaired) electrons. The van der Waals surface area contributed by atoms with Crippen LogP contribution in [-0.2, 0) is 0 Å². The number of anilines is 2. The Morgan fingerprint density at radius 3 is 2.87 bits per heavy atom. The number of hydrogen-bond donors (Lipinski definition) is 4. The van der Waals surface area contributed by atoms with E-state index >= 15 is 0 Å². The number of aromatic nitrogens is 5. The van der Waals surface area contributed by atoms with Gasteiger partial charge in [-0.2, -0.15) is 9.61 Å². The second-order valence-corrected chi connectivity index (χ2v) is 6.91. The molecule has 0 aliphatic heterocycles. The average Bonchev–Trinajstić information content (AvgIpc) is 3.34. The van der Waals surface area contributed by atoms with Crippen molar-refractivity contribution in [2.45, 2.75) is 18.9 Å². The number of nitrogens with zero attached hydrogens (tertiary/aromatic N) is 4. The molecule has 0 atom stereocenters.